The molecule has 2 aromatic rings. The van der Waals surface area contributed by atoms with Crippen LogP contribution in [0.5, 0.6) is 5.75 Å². The van der Waals surface area contributed by atoms with Crippen molar-refractivity contribution in [3.05, 3.63) is 58.3 Å². The van der Waals surface area contributed by atoms with Crippen molar-refractivity contribution in [2.45, 2.75) is 6.42 Å². The summed E-state index contributed by atoms with van der Waals surface area (Å²) in [4.78, 5) is 36.8. The van der Waals surface area contributed by atoms with Gasteiger partial charge in [0.15, 0.2) is 11.5 Å². The molecule has 8 heteroatoms. The number of Topliss-reactive ketones (excluding diaryl/α,β-unsaturated/α-hetero) is 1. The Labute approximate surface area is 153 Å². The van der Waals surface area contributed by atoms with E-state index in [0.29, 0.717) is 12.4 Å². The Morgan fingerprint density at radius 2 is 2.04 bits per heavy atom. The molecule has 0 atom stereocenters. The molecular weight excluding hydrogens is 358 g/mol. The van der Waals surface area contributed by atoms with Crippen molar-refractivity contribution in [2.24, 2.45) is 0 Å². The number of thioether (sulfide) groups is 1. The van der Waals surface area contributed by atoms with E-state index in [1.165, 1.54) is 24.9 Å². The van der Waals surface area contributed by atoms with Crippen molar-refractivity contribution in [2.75, 3.05) is 19.5 Å². The first-order valence-electron chi connectivity index (χ1n) is 7.77. The average Bonchev–Trinajstić information content (AvgIpc) is 3.02. The third-order valence-corrected chi connectivity index (χ3v) is 4.56. The van der Waals surface area contributed by atoms with E-state index in [2.05, 4.69) is 9.89 Å². The van der Waals surface area contributed by atoms with Gasteiger partial charge in [0.05, 0.1) is 25.0 Å². The highest BCUT2D eigenvalue weighted by atomic mass is 32.2. The number of hydrogen-bond donors (Lipinski definition) is 0. The van der Waals surface area contributed by atoms with Crippen molar-refractivity contribution < 1.29 is 28.4 Å². The van der Waals surface area contributed by atoms with Gasteiger partial charge >= 0.3 is 5.97 Å². The summed E-state index contributed by atoms with van der Waals surface area (Å²) in [6, 6.07) is 9.27. The van der Waals surface area contributed by atoms with E-state index in [9.17, 15) is 14.4 Å². The number of benzene rings is 1. The first-order valence-corrected chi connectivity index (χ1v) is 8.75. The molecule has 1 aromatic carbocycles. The summed E-state index contributed by atoms with van der Waals surface area (Å²) in [5.41, 5.74) is -0.223. The van der Waals surface area contributed by atoms with Gasteiger partial charge in [0.25, 0.3) is 0 Å². The van der Waals surface area contributed by atoms with Gasteiger partial charge in [-0.05, 0) is 18.2 Å². The third-order valence-electron chi connectivity index (χ3n) is 3.57. The Balaban J connectivity index is 1.71. The predicted molar refractivity (Wildman–Crippen MR) is 93.4 cm³/mol. The van der Waals surface area contributed by atoms with E-state index in [1.54, 1.807) is 0 Å². The van der Waals surface area contributed by atoms with Gasteiger partial charge in [0.2, 0.25) is 11.5 Å². The molecule has 0 fully saturated rings. The number of esters is 1. The Hall–Kier alpha value is -2.87. The van der Waals surface area contributed by atoms with Crippen LogP contribution in [0.1, 0.15) is 26.6 Å². The number of carbonyl (C=O) groups excluding carboxylic acids is 3. The fourth-order valence-corrected chi connectivity index (χ4v) is 3.23. The summed E-state index contributed by atoms with van der Waals surface area (Å²) in [5.74, 6) is -0.302. The van der Waals surface area contributed by atoms with Crippen LogP contribution in [0.4, 0.5) is 0 Å². The number of fused-ring (bicyclic) bond motifs is 1. The Morgan fingerprint density at radius 1 is 1.27 bits per heavy atom. The van der Waals surface area contributed by atoms with Gasteiger partial charge in [-0.15, -0.1) is 11.8 Å². The van der Waals surface area contributed by atoms with Crippen molar-refractivity contribution in [1.82, 2.24) is 5.16 Å². The number of allylic oxidation sites excluding steroid dienone is 2. The summed E-state index contributed by atoms with van der Waals surface area (Å²) >= 11 is 1.18. The molecule has 3 rings (SSSR count). The normalized spacial score (nSPS) is 13.7. The highest BCUT2D eigenvalue weighted by Gasteiger charge is 2.33. The van der Waals surface area contributed by atoms with Crippen molar-refractivity contribution in [3.63, 3.8) is 0 Å². The van der Waals surface area contributed by atoms with E-state index in [1.807, 2.05) is 30.3 Å². The molecule has 0 radical (unpaired) electrons. The summed E-state index contributed by atoms with van der Waals surface area (Å²) in [6.45, 7) is 0.355. The lowest BCUT2D eigenvalue weighted by molar-refractivity contribution is -0.114. The lowest BCUT2D eigenvalue weighted by Gasteiger charge is -2.07. The van der Waals surface area contributed by atoms with Crippen LogP contribution >= 0.6 is 11.8 Å². The second kappa shape index (κ2) is 8.01. The molecule has 0 spiro atoms. The van der Waals surface area contributed by atoms with Gasteiger partial charge in [0, 0.05) is 5.75 Å². The van der Waals surface area contributed by atoms with Crippen LogP contribution in [-0.2, 0) is 16.0 Å². The van der Waals surface area contributed by atoms with E-state index < -0.39 is 11.8 Å². The number of hydrogen-bond acceptors (Lipinski definition) is 8. The summed E-state index contributed by atoms with van der Waals surface area (Å²) in [6.07, 6.45) is 1.14. The van der Waals surface area contributed by atoms with E-state index >= 15 is 0 Å². The maximum atomic E-state index is 12.8. The molecule has 1 heterocycles. The molecule has 0 saturated heterocycles. The monoisotopic (exact) mass is 373 g/mol. The predicted octanol–water partition coefficient (Wildman–Crippen LogP) is 2.47. The molecule has 0 bridgehead atoms. The van der Waals surface area contributed by atoms with E-state index in [4.69, 9.17) is 9.26 Å². The zero-order valence-electron chi connectivity index (χ0n) is 13.9. The molecule has 134 valence electrons. The molecule has 0 N–H and O–H groups in total. The quantitative estimate of drug-likeness (QED) is 0.563. The molecular formula is C18H15NO6S. The van der Waals surface area contributed by atoms with Crippen LogP contribution in [0.3, 0.4) is 0 Å². The van der Waals surface area contributed by atoms with Crippen molar-refractivity contribution in [1.29, 1.82) is 0 Å². The minimum atomic E-state index is -0.783. The SMILES string of the molecule is COC(=O)c1noc2c1C(=O)C(SCCOc1ccccc1)=CC(=O)C2. The Kier molecular flexibility index (Phi) is 5.52. The fourth-order valence-electron chi connectivity index (χ4n) is 2.39. The highest BCUT2D eigenvalue weighted by molar-refractivity contribution is 8.04. The van der Waals surface area contributed by atoms with Gasteiger partial charge in [-0.1, -0.05) is 23.4 Å². The molecule has 0 saturated carbocycles. The Bertz CT molecular complexity index is 871. The number of aromatic nitrogens is 1. The molecule has 0 aliphatic heterocycles. The van der Waals surface area contributed by atoms with Gasteiger partial charge in [0.1, 0.15) is 11.3 Å². The Morgan fingerprint density at radius 3 is 2.77 bits per heavy atom. The van der Waals surface area contributed by atoms with Gasteiger partial charge in [-0.3, -0.25) is 9.59 Å². The molecule has 1 aliphatic carbocycles. The largest absolute Gasteiger partial charge is 0.493 e. The summed E-state index contributed by atoms with van der Waals surface area (Å²) < 4.78 is 15.2. The van der Waals surface area contributed by atoms with E-state index in [-0.39, 0.29) is 34.1 Å². The van der Waals surface area contributed by atoms with E-state index in [0.717, 1.165) is 5.75 Å². The second-order valence-electron chi connectivity index (χ2n) is 5.31. The van der Waals surface area contributed by atoms with Crippen molar-refractivity contribution in [3.8, 4) is 5.75 Å². The molecule has 0 unspecified atom stereocenters. The van der Waals surface area contributed by atoms with Gasteiger partial charge < -0.3 is 14.0 Å². The highest BCUT2D eigenvalue weighted by Crippen LogP contribution is 2.29. The number of para-hydroxylation sites is 1. The van der Waals surface area contributed by atoms with Crippen LogP contribution in [-0.4, -0.2) is 42.2 Å². The molecule has 1 aromatic heterocycles. The smallest absolute Gasteiger partial charge is 0.361 e. The van der Waals surface area contributed by atoms with Gasteiger partial charge in [-0.2, -0.15) is 0 Å². The number of ether oxygens (including phenoxy) is 2. The zero-order valence-corrected chi connectivity index (χ0v) is 14.7. The topological polar surface area (TPSA) is 95.7 Å². The lowest BCUT2D eigenvalue weighted by Crippen LogP contribution is -2.11. The molecule has 7 nitrogen and oxygen atoms in total. The number of ketones is 2. The van der Waals surface area contributed by atoms with Crippen LogP contribution in [0, 0.1) is 0 Å². The maximum absolute atomic E-state index is 12.8. The van der Waals surface area contributed by atoms with Crippen molar-refractivity contribution >= 4 is 29.3 Å². The molecule has 26 heavy (non-hydrogen) atoms. The average molecular weight is 373 g/mol. The summed E-state index contributed by atoms with van der Waals surface area (Å²) in [7, 11) is 1.18. The summed E-state index contributed by atoms with van der Waals surface area (Å²) in [5, 5.41) is 3.58. The zero-order chi connectivity index (χ0) is 18.5. The molecule has 1 aliphatic rings. The lowest BCUT2D eigenvalue weighted by atomic mass is 10.1. The van der Waals surface area contributed by atoms with Gasteiger partial charge in [-0.25, -0.2) is 4.79 Å². The fraction of sp³-hybridized carbons (Fsp3) is 0.222. The van der Waals surface area contributed by atoms with Crippen LogP contribution in [0.15, 0.2) is 45.8 Å². The first kappa shape index (κ1) is 17.9. The number of methoxy groups -OCH3 is 1. The number of nitrogens with zero attached hydrogens (tertiary/aromatic N) is 1. The van der Waals surface area contributed by atoms with Crippen LogP contribution in [0.25, 0.3) is 0 Å². The number of rotatable bonds is 6. The third kappa shape index (κ3) is 3.85. The standard InChI is InChI=1S/C18H15NO6S/c1-23-18(22)16-15-13(25-19-16)9-11(20)10-14(17(15)21)26-8-7-24-12-5-3-2-4-6-12/h2-6,10H,7-9H2,1H3. The van der Waals surface area contributed by atoms with Crippen LogP contribution in [0.2, 0.25) is 0 Å². The first-order chi connectivity index (χ1) is 12.6. The maximum Gasteiger partial charge on any atom is 0.361 e. The second-order valence-corrected chi connectivity index (χ2v) is 6.45. The minimum absolute atomic E-state index is 0.00886. The van der Waals surface area contributed by atoms with Crippen LogP contribution < -0.4 is 4.74 Å². The number of carbonyl (C=O) groups is 3. The minimum Gasteiger partial charge on any atom is -0.493 e. The molecule has 0 amide bonds.